The molecule has 0 fully saturated rings. The second-order valence-corrected chi connectivity index (χ2v) is 2.31. The van der Waals surface area contributed by atoms with Crippen LogP contribution in [-0.4, -0.2) is 20.3 Å². The molecule has 2 heterocycles. The molecule has 2 rings (SSSR count). The molecular formula is C6H8N4O4. The molecule has 0 unspecified atom stereocenters. The van der Waals surface area contributed by atoms with Gasteiger partial charge in [0.1, 0.15) is 5.82 Å². The lowest BCUT2D eigenvalue weighted by molar-refractivity contribution is 0.383. The molecule has 14 heavy (non-hydrogen) atoms. The van der Waals surface area contributed by atoms with E-state index in [-0.39, 0.29) is 0 Å². The van der Waals surface area contributed by atoms with Crippen molar-refractivity contribution in [3.63, 3.8) is 0 Å². The lowest BCUT2D eigenvalue weighted by Gasteiger charge is -1.63. The van der Waals surface area contributed by atoms with E-state index in [9.17, 15) is 9.59 Å². The number of aromatic nitrogens is 4. The van der Waals surface area contributed by atoms with E-state index in [2.05, 4.69) is 29.3 Å². The molecule has 0 saturated carbocycles. The predicted octanol–water partition coefficient (Wildman–Crippen LogP) is -0.657. The first kappa shape index (κ1) is 9.96. The second-order valence-electron chi connectivity index (χ2n) is 2.31. The maximum absolute atomic E-state index is 10.0. The van der Waals surface area contributed by atoms with Gasteiger partial charge in [0.15, 0.2) is 0 Å². The van der Waals surface area contributed by atoms with Crippen LogP contribution in [0.25, 0.3) is 0 Å². The summed E-state index contributed by atoms with van der Waals surface area (Å²) in [6.07, 6.45) is 0. The third kappa shape index (κ3) is 3.09. The van der Waals surface area contributed by atoms with Gasteiger partial charge in [-0.3, -0.25) is 9.51 Å². The fourth-order valence-corrected chi connectivity index (χ4v) is 0.607. The molecule has 0 spiro atoms. The highest BCUT2D eigenvalue weighted by atomic mass is 16.5. The van der Waals surface area contributed by atoms with Crippen LogP contribution in [0.3, 0.4) is 0 Å². The van der Waals surface area contributed by atoms with E-state index >= 15 is 0 Å². The molecule has 0 aliphatic heterocycles. The minimum Gasteiger partial charge on any atom is -0.393 e. The second kappa shape index (κ2) is 4.21. The average Bonchev–Trinajstić information content (AvgIpc) is 2.63. The van der Waals surface area contributed by atoms with Gasteiger partial charge in [-0.2, -0.15) is 0 Å². The monoisotopic (exact) mass is 200 g/mol. The van der Waals surface area contributed by atoms with Crippen molar-refractivity contribution in [2.45, 2.75) is 13.8 Å². The zero-order chi connectivity index (χ0) is 10.6. The summed E-state index contributed by atoms with van der Waals surface area (Å²) in [6.45, 7) is 3.24. The number of hydrogen-bond donors (Lipinski definition) is 2. The first-order valence-corrected chi connectivity index (χ1v) is 3.62. The Morgan fingerprint density at radius 1 is 1.21 bits per heavy atom. The molecule has 8 nitrogen and oxygen atoms in total. The van der Waals surface area contributed by atoms with Crippen LogP contribution in [0.1, 0.15) is 11.7 Å². The Morgan fingerprint density at radius 2 is 1.93 bits per heavy atom. The molecule has 0 amide bonds. The fraction of sp³-hybridized carbons (Fsp3) is 0.333. The maximum atomic E-state index is 10.0. The summed E-state index contributed by atoms with van der Waals surface area (Å²) in [6, 6.07) is 0. The molecule has 0 atom stereocenters. The van der Waals surface area contributed by atoms with E-state index in [0.717, 1.165) is 0 Å². The number of aromatic amines is 2. The normalized spacial score (nSPS) is 9.29. The van der Waals surface area contributed by atoms with Crippen LogP contribution in [-0.2, 0) is 0 Å². The summed E-state index contributed by atoms with van der Waals surface area (Å²) >= 11 is 0. The maximum Gasteiger partial charge on any atom is 0.438 e. The van der Waals surface area contributed by atoms with E-state index in [1.807, 2.05) is 0 Å². The van der Waals surface area contributed by atoms with E-state index in [1.54, 1.807) is 13.8 Å². The summed E-state index contributed by atoms with van der Waals surface area (Å²) in [5.41, 5.74) is 0. The van der Waals surface area contributed by atoms with Gasteiger partial charge in [-0.05, 0) is 6.92 Å². The molecule has 0 aromatic carbocycles. The van der Waals surface area contributed by atoms with Crippen molar-refractivity contribution >= 4 is 0 Å². The number of aryl methyl sites for hydroxylation is 2. The SMILES string of the molecule is Cc1n[nH]c(=O)o1.Cc1noc(=O)[nH]1. The largest absolute Gasteiger partial charge is 0.438 e. The fourth-order valence-electron chi connectivity index (χ4n) is 0.607. The standard InChI is InChI=1S/2C3H4N2O2/c1-2-4-5-3(6)7-2;1-2-4-3(6)7-5-2/h1H3,(H,5,6);1H3,(H,4,5,6). The first-order valence-electron chi connectivity index (χ1n) is 3.62. The van der Waals surface area contributed by atoms with Crippen LogP contribution < -0.4 is 11.5 Å². The van der Waals surface area contributed by atoms with Gasteiger partial charge in [-0.15, -0.1) is 5.10 Å². The number of hydrogen-bond acceptors (Lipinski definition) is 6. The molecule has 0 radical (unpaired) electrons. The van der Waals surface area contributed by atoms with Crippen molar-refractivity contribution in [2.75, 3.05) is 0 Å². The molecule has 2 N–H and O–H groups in total. The van der Waals surface area contributed by atoms with Crippen molar-refractivity contribution in [3.8, 4) is 0 Å². The molecule has 0 saturated heterocycles. The highest BCUT2D eigenvalue weighted by Crippen LogP contribution is 1.76. The number of nitrogens with zero attached hydrogens (tertiary/aromatic N) is 2. The van der Waals surface area contributed by atoms with Crippen molar-refractivity contribution in [2.24, 2.45) is 0 Å². The lowest BCUT2D eigenvalue weighted by Crippen LogP contribution is -1.93. The predicted molar refractivity (Wildman–Crippen MR) is 43.7 cm³/mol. The number of nitrogens with one attached hydrogen (secondary N) is 2. The Morgan fingerprint density at radius 3 is 2.07 bits per heavy atom. The first-order chi connectivity index (χ1) is 6.58. The third-order valence-corrected chi connectivity index (χ3v) is 1.09. The topological polar surface area (TPSA) is 118 Å². The van der Waals surface area contributed by atoms with E-state index < -0.39 is 11.5 Å². The molecule has 8 heteroatoms. The van der Waals surface area contributed by atoms with E-state index in [1.165, 1.54) is 0 Å². The lowest BCUT2D eigenvalue weighted by atomic mass is 10.8. The third-order valence-electron chi connectivity index (χ3n) is 1.09. The van der Waals surface area contributed by atoms with Crippen LogP contribution >= 0.6 is 0 Å². The van der Waals surface area contributed by atoms with Crippen LogP contribution in [0.5, 0.6) is 0 Å². The van der Waals surface area contributed by atoms with E-state index in [4.69, 9.17) is 0 Å². The summed E-state index contributed by atoms with van der Waals surface area (Å²) in [4.78, 5) is 22.3. The Labute approximate surface area is 76.9 Å². The summed E-state index contributed by atoms with van der Waals surface area (Å²) < 4.78 is 8.46. The zero-order valence-corrected chi connectivity index (χ0v) is 7.53. The Hall–Kier alpha value is -2.12. The van der Waals surface area contributed by atoms with Gasteiger partial charge in [0.25, 0.3) is 0 Å². The summed E-state index contributed by atoms with van der Waals surface area (Å²) in [5, 5.41) is 8.78. The van der Waals surface area contributed by atoms with Crippen molar-refractivity contribution in [1.29, 1.82) is 0 Å². The number of H-pyrrole nitrogens is 2. The Kier molecular flexibility index (Phi) is 3.00. The smallest absolute Gasteiger partial charge is 0.393 e. The molecule has 0 bridgehead atoms. The summed E-state index contributed by atoms with van der Waals surface area (Å²) in [7, 11) is 0. The highest BCUT2D eigenvalue weighted by Gasteiger charge is 1.87. The van der Waals surface area contributed by atoms with Gasteiger partial charge in [-0.1, -0.05) is 5.16 Å². The van der Waals surface area contributed by atoms with Crippen molar-refractivity contribution in [1.82, 2.24) is 20.3 Å². The average molecular weight is 200 g/mol. The zero-order valence-electron chi connectivity index (χ0n) is 7.53. The van der Waals surface area contributed by atoms with Crippen LogP contribution in [0.4, 0.5) is 0 Å². The van der Waals surface area contributed by atoms with Gasteiger partial charge in [0.2, 0.25) is 5.89 Å². The van der Waals surface area contributed by atoms with Gasteiger partial charge >= 0.3 is 11.5 Å². The van der Waals surface area contributed by atoms with Crippen LogP contribution in [0.2, 0.25) is 0 Å². The molecule has 2 aromatic heterocycles. The van der Waals surface area contributed by atoms with Gasteiger partial charge in [0.05, 0.1) is 0 Å². The number of rotatable bonds is 0. The Balaban J connectivity index is 0.000000140. The molecule has 0 aliphatic rings. The highest BCUT2D eigenvalue weighted by molar-refractivity contribution is 4.68. The van der Waals surface area contributed by atoms with E-state index in [0.29, 0.717) is 11.7 Å². The molecule has 76 valence electrons. The van der Waals surface area contributed by atoms with Gasteiger partial charge < -0.3 is 4.42 Å². The van der Waals surface area contributed by atoms with Gasteiger partial charge in [0, 0.05) is 6.92 Å². The summed E-state index contributed by atoms with van der Waals surface area (Å²) in [5.74, 6) is -0.134. The molecule has 2 aromatic rings. The quantitative estimate of drug-likeness (QED) is 0.583. The molecular weight excluding hydrogens is 192 g/mol. The van der Waals surface area contributed by atoms with Crippen LogP contribution in [0.15, 0.2) is 18.5 Å². The molecule has 0 aliphatic carbocycles. The van der Waals surface area contributed by atoms with Crippen molar-refractivity contribution < 1.29 is 8.94 Å². The minimum atomic E-state index is -0.502. The van der Waals surface area contributed by atoms with Gasteiger partial charge in [-0.25, -0.2) is 14.7 Å². The Bertz CT molecular complexity index is 444. The minimum absolute atomic E-state index is 0.366. The van der Waals surface area contributed by atoms with Crippen LogP contribution in [0, 0.1) is 13.8 Å². The van der Waals surface area contributed by atoms with Crippen molar-refractivity contribution in [3.05, 3.63) is 32.8 Å².